The molecule has 54 heavy (non-hydrogen) atoms. The summed E-state index contributed by atoms with van der Waals surface area (Å²) in [6, 6.07) is 0. The third-order valence-electron chi connectivity index (χ3n) is 8.49. The van der Waals surface area contributed by atoms with Crippen molar-refractivity contribution in [1.29, 1.82) is 0 Å². The molecule has 2 aliphatic heterocycles. The smallest absolute Gasteiger partial charge is 0.387 e. The predicted octanol–water partition coefficient (Wildman–Crippen LogP) is -1.20. The zero-order chi connectivity index (χ0) is 38.5. The fourth-order valence-corrected chi connectivity index (χ4v) is 10.4. The van der Waals surface area contributed by atoms with E-state index < -0.39 is 97.1 Å². The Kier molecular flexibility index (Phi) is 10.5. The van der Waals surface area contributed by atoms with Gasteiger partial charge in [-0.2, -0.15) is 4.98 Å². The van der Waals surface area contributed by atoms with Crippen molar-refractivity contribution in [3.8, 4) is 0 Å². The molecule has 2 fully saturated rings. The van der Waals surface area contributed by atoms with Gasteiger partial charge in [0.05, 0.1) is 19.3 Å². The molecule has 2 saturated heterocycles. The Hall–Kier alpha value is -4.13. The number of nitrogen functional groups attached to an aromatic ring is 2. The van der Waals surface area contributed by atoms with E-state index in [1.807, 2.05) is 0 Å². The average molecular weight is 818 g/mol. The summed E-state index contributed by atoms with van der Waals surface area (Å²) in [4.78, 5) is 59.4. The molecule has 7 heterocycles. The van der Waals surface area contributed by atoms with Gasteiger partial charge in [-0.3, -0.25) is 32.4 Å². The van der Waals surface area contributed by atoms with Crippen molar-refractivity contribution in [2.24, 2.45) is 0 Å². The van der Waals surface area contributed by atoms with E-state index in [9.17, 15) is 38.5 Å². The zero-order valence-corrected chi connectivity index (χ0v) is 30.3. The Morgan fingerprint density at radius 2 is 1.67 bits per heavy atom. The Morgan fingerprint density at radius 1 is 0.944 bits per heavy atom. The molecule has 0 radical (unpaired) electrons. The van der Waals surface area contributed by atoms with Crippen LogP contribution in [-0.2, 0) is 41.5 Å². The van der Waals surface area contributed by atoms with E-state index in [0.29, 0.717) is 0 Å². The molecule has 0 aromatic carbocycles. The molecule has 0 amide bonds. The van der Waals surface area contributed by atoms with Gasteiger partial charge in [0.2, 0.25) is 5.95 Å². The second kappa shape index (κ2) is 14.8. The molecule has 5 aromatic heterocycles. The maximum absolute atomic E-state index is 13.3. The van der Waals surface area contributed by atoms with Gasteiger partial charge in [0.1, 0.15) is 61.2 Å². The molecule has 0 saturated carbocycles. The number of nitrogens with two attached hydrogens (primary N) is 2. The Labute approximate surface area is 302 Å². The summed E-state index contributed by atoms with van der Waals surface area (Å²) in [7, 11) is -11.1. The number of anilines is 2. The number of aliphatic hydroxyl groups is 2. The van der Waals surface area contributed by atoms with Crippen LogP contribution in [0.3, 0.4) is 0 Å². The molecule has 0 bridgehead atoms. The van der Waals surface area contributed by atoms with Crippen LogP contribution in [0.25, 0.3) is 22.3 Å². The van der Waals surface area contributed by atoms with Crippen LogP contribution in [0.2, 0.25) is 0 Å². The first-order valence-electron chi connectivity index (χ1n) is 15.6. The molecule has 5 aromatic rings. The number of hydrogen-bond acceptors (Lipinski definition) is 20. The highest BCUT2D eigenvalue weighted by molar-refractivity contribution is 7.72. The molecule has 2 aliphatic rings. The lowest BCUT2D eigenvalue weighted by Gasteiger charge is -2.20. The third kappa shape index (κ3) is 7.32. The lowest BCUT2D eigenvalue weighted by Crippen LogP contribution is -2.37. The van der Waals surface area contributed by atoms with Crippen molar-refractivity contribution < 1.29 is 61.5 Å². The Balaban J connectivity index is 1.07. The normalized spacial score (nSPS) is 28.4. The maximum atomic E-state index is 13.3. The second-order valence-corrected chi connectivity index (χ2v) is 17.3. The van der Waals surface area contributed by atoms with Gasteiger partial charge in [-0.25, -0.2) is 24.9 Å². The van der Waals surface area contributed by atoms with Gasteiger partial charge in [0.15, 0.2) is 41.2 Å². The molecule has 29 heteroatoms. The number of methoxy groups -OCH3 is 1. The molecular weight excluding hydrogens is 785 g/mol. The van der Waals surface area contributed by atoms with Crippen molar-refractivity contribution >= 4 is 57.5 Å². The highest BCUT2D eigenvalue weighted by atomic mass is 31.2. The number of rotatable bonds is 14. The first kappa shape index (κ1) is 38.2. The topological polar surface area (TPSA) is 365 Å². The predicted molar refractivity (Wildman–Crippen MR) is 179 cm³/mol. The van der Waals surface area contributed by atoms with Gasteiger partial charge < -0.3 is 50.2 Å². The van der Waals surface area contributed by atoms with E-state index in [1.165, 1.54) is 35.1 Å². The number of aromatic amines is 1. The summed E-state index contributed by atoms with van der Waals surface area (Å²) in [5.41, 5.74) is 11.2. The van der Waals surface area contributed by atoms with E-state index in [1.54, 1.807) is 0 Å². The van der Waals surface area contributed by atoms with E-state index >= 15 is 0 Å². The third-order valence-corrected chi connectivity index (χ3v) is 13.7. The van der Waals surface area contributed by atoms with Gasteiger partial charge >= 0.3 is 23.4 Å². The molecule has 11 atom stereocenters. The quantitative estimate of drug-likeness (QED) is 0.0647. The number of nitrogens with one attached hydrogen (secondary N) is 1. The number of aromatic nitrogens is 10. The zero-order valence-electron chi connectivity index (χ0n) is 27.6. The highest BCUT2D eigenvalue weighted by Crippen LogP contribution is 2.58. The summed E-state index contributed by atoms with van der Waals surface area (Å²) < 4.78 is 76.4. The van der Waals surface area contributed by atoms with Crippen LogP contribution in [0.15, 0.2) is 42.5 Å². The summed E-state index contributed by atoms with van der Waals surface area (Å²) in [6.07, 6.45) is -3.77. The van der Waals surface area contributed by atoms with Crippen molar-refractivity contribution in [2.75, 3.05) is 37.7 Å². The van der Waals surface area contributed by atoms with Crippen molar-refractivity contribution in [1.82, 2.24) is 48.4 Å². The summed E-state index contributed by atoms with van der Waals surface area (Å²) in [6.45, 7) is -1.35. The van der Waals surface area contributed by atoms with Crippen molar-refractivity contribution in [2.45, 2.75) is 49.1 Å². The highest BCUT2D eigenvalue weighted by Gasteiger charge is 2.54. The molecule has 9 N–H and O–H groups in total. The van der Waals surface area contributed by atoms with Gasteiger partial charge in [-0.1, -0.05) is 0 Å². The first-order chi connectivity index (χ1) is 25.7. The van der Waals surface area contributed by atoms with Crippen molar-refractivity contribution in [3.05, 3.63) is 48.1 Å². The van der Waals surface area contributed by atoms with E-state index in [2.05, 4.69) is 34.9 Å². The van der Waals surface area contributed by atoms with Gasteiger partial charge in [-0.15, -0.1) is 9.05 Å². The van der Waals surface area contributed by atoms with Crippen LogP contribution in [0, 0.1) is 0 Å². The average Bonchev–Trinajstić information content (AvgIpc) is 3.95. The number of ether oxygens (including phenoxy) is 3. The summed E-state index contributed by atoms with van der Waals surface area (Å²) in [5.74, 6) is -1.35. The number of nitrogens with zero attached hydrogens (tertiary/aromatic N) is 9. The summed E-state index contributed by atoms with van der Waals surface area (Å²) in [5, 5.41) is 21.5. The number of aliphatic hydroxyl groups excluding tert-OH is 2. The molecule has 0 aliphatic carbocycles. The van der Waals surface area contributed by atoms with Gasteiger partial charge in [0.25, 0.3) is 5.56 Å². The number of fused-ring (bicyclic) bond motifs is 2. The molecule has 3 unspecified atom stereocenters. The first-order valence-corrected chi connectivity index (χ1v) is 20.2. The monoisotopic (exact) mass is 817 g/mol. The standard InChI is InChI=1S/C25H31N12O14P3/c1-46-18-17(51-52(41)47-4-11-15(38)16(39)23(49-11)37-9-32-14-21(37)33-25(27)34-22(14)40)12(5-48-54(44,45)10-53(42,43)35-3-2-28-7-35)50-24(18)36-8-31-13-19(26)29-6-30-20(13)36/h2-3,6-9,11-12,15-18,23-24,38-39H,4-5,10H2,1H3,(H6-,26,27,29,30,33,34,40,42,43,44,45)/p+1/t11-,12-,15-,16-,17-,18-,23-,24-/m1/s1. The van der Waals surface area contributed by atoms with Crippen LogP contribution in [-0.4, -0.2) is 131 Å². The minimum Gasteiger partial charge on any atom is -0.387 e. The van der Waals surface area contributed by atoms with E-state index in [0.717, 1.165) is 23.2 Å². The maximum Gasteiger partial charge on any atom is 0.697 e. The lowest BCUT2D eigenvalue weighted by molar-refractivity contribution is -0.0565. The number of hydrogen-bond donors (Lipinski definition) is 7. The van der Waals surface area contributed by atoms with Crippen LogP contribution in [0.5, 0.6) is 0 Å². The van der Waals surface area contributed by atoms with Gasteiger partial charge in [-0.05, 0) is 0 Å². The van der Waals surface area contributed by atoms with Crippen molar-refractivity contribution in [3.63, 3.8) is 0 Å². The SMILES string of the molecule is CO[C@@H]1[C@H](O[P+](=O)OC[C@H]2O[C@@H](n3cnc4c(=O)[nH]c(N)nc43)[C@H](O)[C@@H]2O)[C@@H](COP(=O)(O)CP(=O)(O)n2ccnc2)O[C@H]1n1cnc2c(N)ncnc21. The number of H-pyrrole nitrogens is 1. The Morgan fingerprint density at radius 3 is 2.39 bits per heavy atom. The van der Waals surface area contributed by atoms with Crippen LogP contribution >= 0.6 is 23.4 Å². The molecule has 290 valence electrons. The second-order valence-electron chi connectivity index (χ2n) is 11.9. The lowest BCUT2D eigenvalue weighted by atomic mass is 10.1. The van der Waals surface area contributed by atoms with Gasteiger partial charge in [0, 0.05) is 24.1 Å². The van der Waals surface area contributed by atoms with Crippen LogP contribution in [0.4, 0.5) is 11.8 Å². The summed E-state index contributed by atoms with van der Waals surface area (Å²) >= 11 is 0. The minimum absolute atomic E-state index is 0.0334. The van der Waals surface area contributed by atoms with Crippen LogP contribution in [0.1, 0.15) is 12.5 Å². The largest absolute Gasteiger partial charge is 0.697 e. The Bertz CT molecular complexity index is 2320. The molecular formula is C25H32N12O14P3+. The molecule has 7 rings (SSSR count). The van der Waals surface area contributed by atoms with Crippen LogP contribution < -0.4 is 17.0 Å². The molecule has 0 spiro atoms. The fraction of sp³-hybridized carbons (Fsp3) is 0.480. The minimum atomic E-state index is -4.81. The van der Waals surface area contributed by atoms with E-state index in [4.69, 9.17) is 39.2 Å². The number of imidazole rings is 3. The van der Waals surface area contributed by atoms with E-state index in [-0.39, 0.29) is 34.1 Å². The fourth-order valence-electron chi connectivity index (χ4n) is 5.96. The molecule has 26 nitrogen and oxygen atoms in total.